The summed E-state index contributed by atoms with van der Waals surface area (Å²) in [5, 5.41) is 13.9. The molecule has 118 valence electrons. The van der Waals surface area contributed by atoms with Gasteiger partial charge < -0.3 is 14.5 Å². The van der Waals surface area contributed by atoms with E-state index in [1.165, 1.54) is 13.0 Å². The molecule has 0 aromatic carbocycles. The van der Waals surface area contributed by atoms with E-state index in [0.29, 0.717) is 0 Å². The van der Waals surface area contributed by atoms with Gasteiger partial charge in [0.1, 0.15) is 16.7 Å². The molecule has 10 nitrogen and oxygen atoms in total. The van der Waals surface area contributed by atoms with Crippen molar-refractivity contribution in [1.82, 2.24) is 10.3 Å². The number of amides is 2. The highest BCUT2D eigenvalue weighted by Gasteiger charge is 2.37. The lowest BCUT2D eigenvalue weighted by Gasteiger charge is -2.31. The molecule has 1 atom stereocenters. The lowest BCUT2D eigenvalue weighted by Crippen LogP contribution is -2.51. The van der Waals surface area contributed by atoms with E-state index in [9.17, 15) is 19.7 Å². The first kappa shape index (κ1) is 15.5. The lowest BCUT2D eigenvalue weighted by atomic mass is 10.0. The summed E-state index contributed by atoms with van der Waals surface area (Å²) in [4.78, 5) is 33.8. The largest absolute Gasteiger partial charge is 0.463 e. The third kappa shape index (κ3) is 2.63. The number of nitrogens with zero attached hydrogens (tertiary/aromatic N) is 2. The quantitative estimate of drug-likeness (QED) is 0.277. The van der Waals surface area contributed by atoms with Crippen LogP contribution in [0.4, 0.5) is 10.7 Å². The van der Waals surface area contributed by atoms with E-state index in [4.69, 9.17) is 15.0 Å². The molecule has 2 rings (SSSR count). The first-order valence-corrected chi connectivity index (χ1v) is 6.34. The molecule has 0 unspecified atom stereocenters. The first-order chi connectivity index (χ1) is 10.4. The molecule has 0 fully saturated rings. The summed E-state index contributed by atoms with van der Waals surface area (Å²) in [6.07, 6.45) is 0. The van der Waals surface area contributed by atoms with Gasteiger partial charge in [-0.15, -0.1) is 0 Å². The molecule has 1 aliphatic rings. The van der Waals surface area contributed by atoms with Gasteiger partial charge in [0.25, 0.3) is 0 Å². The van der Waals surface area contributed by atoms with Gasteiger partial charge in [-0.2, -0.15) is 0 Å². The highest BCUT2D eigenvalue weighted by Crippen LogP contribution is 2.32. The van der Waals surface area contributed by atoms with Crippen LogP contribution < -0.4 is 11.2 Å². The lowest BCUT2D eigenvalue weighted by molar-refractivity contribution is -0.402. The summed E-state index contributed by atoms with van der Waals surface area (Å²) in [6, 6.07) is 0.755. The van der Waals surface area contributed by atoms with E-state index in [1.54, 1.807) is 6.92 Å². The number of hydrazine groups is 1. The van der Waals surface area contributed by atoms with Crippen LogP contribution in [0.1, 0.15) is 25.6 Å². The number of nitro groups is 1. The Morgan fingerprint density at radius 2 is 2.27 bits per heavy atom. The highest BCUT2D eigenvalue weighted by molar-refractivity contribution is 5.94. The first-order valence-electron chi connectivity index (χ1n) is 6.34. The number of rotatable bonds is 4. The number of nitrogens with one attached hydrogen (secondary N) is 1. The summed E-state index contributed by atoms with van der Waals surface area (Å²) in [5.74, 6) is 4.40. The van der Waals surface area contributed by atoms with Crippen molar-refractivity contribution in [2.24, 2.45) is 5.84 Å². The SMILES string of the molecule is CCOC(=O)C1=C(C)N(N)C(=O)N[C@@H]1c1ccc([N+](=O)[O-])o1. The maximum Gasteiger partial charge on any atom is 0.433 e. The van der Waals surface area contributed by atoms with Crippen LogP contribution in [-0.2, 0) is 9.53 Å². The predicted octanol–water partition coefficient (Wildman–Crippen LogP) is 0.965. The number of allylic oxidation sites excluding steroid dienone is 1. The second kappa shape index (κ2) is 5.85. The topological polar surface area (TPSA) is 141 Å². The van der Waals surface area contributed by atoms with Crippen molar-refractivity contribution in [2.45, 2.75) is 19.9 Å². The zero-order valence-corrected chi connectivity index (χ0v) is 11.9. The van der Waals surface area contributed by atoms with Gasteiger partial charge in [-0.1, -0.05) is 0 Å². The van der Waals surface area contributed by atoms with Crippen LogP contribution in [0.3, 0.4) is 0 Å². The Labute approximate surface area is 124 Å². The Bertz CT molecular complexity index is 664. The molecular weight excluding hydrogens is 296 g/mol. The summed E-state index contributed by atoms with van der Waals surface area (Å²) in [6.45, 7) is 3.22. The molecule has 0 saturated carbocycles. The van der Waals surface area contributed by atoms with Gasteiger partial charge in [-0.05, 0) is 19.9 Å². The molecule has 3 N–H and O–H groups in total. The minimum Gasteiger partial charge on any atom is -0.463 e. The molecular formula is C12H14N4O6. The normalized spacial score (nSPS) is 18.2. The number of furan rings is 1. The molecule has 0 bridgehead atoms. The molecule has 0 saturated heterocycles. The average Bonchev–Trinajstić information content (AvgIpc) is 2.94. The standard InChI is InChI=1S/C12H14N4O6/c1-3-21-11(17)9-6(2)15(13)12(18)14-10(9)7-4-5-8(22-7)16(19)20/h4-5,10H,3,13H2,1-2H3,(H,14,18)/t10-/m1/s1. The number of ether oxygens (including phenoxy) is 1. The van der Waals surface area contributed by atoms with Crippen molar-refractivity contribution in [3.8, 4) is 0 Å². The minimum atomic E-state index is -1.01. The summed E-state index contributed by atoms with van der Waals surface area (Å²) < 4.78 is 10.00. The van der Waals surface area contributed by atoms with E-state index in [-0.39, 0.29) is 23.6 Å². The zero-order valence-electron chi connectivity index (χ0n) is 11.9. The predicted molar refractivity (Wildman–Crippen MR) is 72.0 cm³/mol. The Kier molecular flexibility index (Phi) is 4.13. The molecule has 0 aliphatic carbocycles. The fraction of sp³-hybridized carbons (Fsp3) is 0.333. The third-order valence-electron chi connectivity index (χ3n) is 3.10. The van der Waals surface area contributed by atoms with E-state index >= 15 is 0 Å². The van der Waals surface area contributed by atoms with Crippen LogP contribution in [0.5, 0.6) is 0 Å². The molecule has 10 heteroatoms. The van der Waals surface area contributed by atoms with E-state index < -0.39 is 28.8 Å². The highest BCUT2D eigenvalue weighted by atomic mass is 16.6. The second-order valence-electron chi connectivity index (χ2n) is 4.41. The maximum atomic E-state index is 12.1. The van der Waals surface area contributed by atoms with Crippen molar-refractivity contribution < 1.29 is 23.7 Å². The number of nitrogens with two attached hydrogens (primary N) is 1. The summed E-state index contributed by atoms with van der Waals surface area (Å²) in [5.41, 5.74) is 0.222. The molecule has 2 amide bonds. The molecule has 2 heterocycles. The fourth-order valence-electron chi connectivity index (χ4n) is 2.04. The fourth-order valence-corrected chi connectivity index (χ4v) is 2.04. The van der Waals surface area contributed by atoms with E-state index in [1.807, 2.05) is 0 Å². The minimum absolute atomic E-state index is 0.0375. The van der Waals surface area contributed by atoms with Crippen LogP contribution in [0, 0.1) is 10.1 Å². The van der Waals surface area contributed by atoms with Gasteiger partial charge in [0.15, 0.2) is 0 Å². The van der Waals surface area contributed by atoms with Crippen LogP contribution in [0.25, 0.3) is 0 Å². The molecule has 1 aromatic heterocycles. The Hall–Kier alpha value is -2.88. The van der Waals surface area contributed by atoms with Crippen molar-refractivity contribution in [3.63, 3.8) is 0 Å². The third-order valence-corrected chi connectivity index (χ3v) is 3.10. The monoisotopic (exact) mass is 310 g/mol. The van der Waals surface area contributed by atoms with Gasteiger partial charge >= 0.3 is 17.9 Å². The number of urea groups is 1. The molecule has 0 radical (unpaired) electrons. The van der Waals surface area contributed by atoms with E-state index in [2.05, 4.69) is 5.32 Å². The Morgan fingerprint density at radius 1 is 1.59 bits per heavy atom. The summed E-state index contributed by atoms with van der Waals surface area (Å²) >= 11 is 0. The maximum absolute atomic E-state index is 12.1. The van der Waals surface area contributed by atoms with Gasteiger partial charge in [0.05, 0.1) is 18.2 Å². The van der Waals surface area contributed by atoms with Crippen molar-refractivity contribution in [3.05, 3.63) is 39.3 Å². The number of hydrogen-bond acceptors (Lipinski definition) is 7. The average molecular weight is 310 g/mol. The summed E-state index contributed by atoms with van der Waals surface area (Å²) in [7, 11) is 0. The van der Waals surface area contributed by atoms with Crippen LogP contribution >= 0.6 is 0 Å². The van der Waals surface area contributed by atoms with Gasteiger partial charge in [-0.25, -0.2) is 20.4 Å². The smallest absolute Gasteiger partial charge is 0.433 e. The van der Waals surface area contributed by atoms with Crippen LogP contribution in [0.15, 0.2) is 27.8 Å². The van der Waals surface area contributed by atoms with Crippen LogP contribution in [0.2, 0.25) is 0 Å². The number of esters is 1. The molecule has 1 aromatic rings. The number of carbonyl (C=O) groups excluding carboxylic acids is 2. The van der Waals surface area contributed by atoms with E-state index in [0.717, 1.165) is 11.1 Å². The second-order valence-corrected chi connectivity index (χ2v) is 4.41. The molecule has 1 aliphatic heterocycles. The Morgan fingerprint density at radius 3 is 2.82 bits per heavy atom. The van der Waals surface area contributed by atoms with Gasteiger partial charge in [0.2, 0.25) is 0 Å². The number of carbonyl (C=O) groups is 2. The molecule has 22 heavy (non-hydrogen) atoms. The van der Waals surface area contributed by atoms with Crippen molar-refractivity contribution >= 4 is 17.9 Å². The zero-order chi connectivity index (χ0) is 16.4. The van der Waals surface area contributed by atoms with Gasteiger partial charge in [0, 0.05) is 5.70 Å². The number of hydrogen-bond donors (Lipinski definition) is 2. The molecule has 0 spiro atoms. The van der Waals surface area contributed by atoms with Crippen LogP contribution in [-0.4, -0.2) is 28.5 Å². The van der Waals surface area contributed by atoms with Crippen molar-refractivity contribution in [2.75, 3.05) is 6.61 Å². The van der Waals surface area contributed by atoms with Crippen molar-refractivity contribution in [1.29, 1.82) is 0 Å². The Balaban J connectivity index is 2.48. The van der Waals surface area contributed by atoms with Gasteiger partial charge in [-0.3, -0.25) is 10.1 Å².